The number of hydrogen-bond acceptors (Lipinski definition) is 4. The second-order valence-electron chi connectivity index (χ2n) is 10.5. The lowest BCUT2D eigenvalue weighted by Crippen LogP contribution is -2.31. The molecule has 0 N–H and O–H groups in total. The molecule has 0 amide bonds. The highest BCUT2D eigenvalue weighted by Crippen LogP contribution is 2.71. The second-order valence-corrected chi connectivity index (χ2v) is 10.5. The van der Waals surface area contributed by atoms with Crippen molar-refractivity contribution in [3.8, 4) is 0 Å². The molecule has 2 heterocycles. The Morgan fingerprint density at radius 1 is 0.786 bits per heavy atom. The third-order valence-corrected chi connectivity index (χ3v) is 8.53. The number of fused-ring (bicyclic) bond motifs is 6. The van der Waals surface area contributed by atoms with E-state index in [9.17, 15) is 9.59 Å². The molecule has 28 heavy (non-hydrogen) atoms. The predicted octanol–water partition coefficient (Wildman–Crippen LogP) is 3.27. The zero-order valence-electron chi connectivity index (χ0n) is 17.3. The monoisotopic (exact) mass is 378 g/mol. The van der Waals surface area contributed by atoms with E-state index in [-0.39, 0.29) is 10.8 Å². The predicted molar refractivity (Wildman–Crippen MR) is 103 cm³/mol. The molecule has 0 aliphatic heterocycles. The number of carbonyl (C=O) groups is 2. The quantitative estimate of drug-likeness (QED) is 0.660. The third-order valence-electron chi connectivity index (χ3n) is 8.53. The zero-order chi connectivity index (χ0) is 19.9. The lowest BCUT2D eigenvalue weighted by Gasteiger charge is -2.11. The Balaban J connectivity index is 1.36. The van der Waals surface area contributed by atoms with Crippen LogP contribution in [0.5, 0.6) is 0 Å². The highest BCUT2D eigenvalue weighted by atomic mass is 16.2. The molecule has 4 aliphatic rings. The van der Waals surface area contributed by atoms with E-state index in [0.717, 1.165) is 35.6 Å². The first-order valence-corrected chi connectivity index (χ1v) is 10.3. The van der Waals surface area contributed by atoms with Crippen LogP contribution >= 0.6 is 0 Å². The second kappa shape index (κ2) is 4.50. The highest BCUT2D eigenvalue weighted by molar-refractivity contribution is 6.36. The summed E-state index contributed by atoms with van der Waals surface area (Å²) in [4.78, 5) is 26.2. The Labute approximate surface area is 164 Å². The molecule has 6 rings (SSSR count). The molecular weight excluding hydrogens is 352 g/mol. The Morgan fingerprint density at radius 2 is 1.14 bits per heavy atom. The molecular formula is C22H26N4O2. The Kier molecular flexibility index (Phi) is 2.68. The van der Waals surface area contributed by atoms with Crippen LogP contribution in [-0.4, -0.2) is 31.4 Å². The van der Waals surface area contributed by atoms with Gasteiger partial charge < -0.3 is 0 Å². The average Bonchev–Trinajstić information content (AvgIpc) is 3.11. The molecule has 4 atom stereocenters. The summed E-state index contributed by atoms with van der Waals surface area (Å²) in [5, 5.41) is 8.95. The van der Waals surface area contributed by atoms with Gasteiger partial charge in [-0.15, -0.1) is 0 Å². The fourth-order valence-electron chi connectivity index (χ4n) is 6.71. The fourth-order valence-corrected chi connectivity index (χ4v) is 6.71. The normalized spacial score (nSPS) is 31.8. The third kappa shape index (κ3) is 1.67. The summed E-state index contributed by atoms with van der Waals surface area (Å²) >= 11 is 0. The summed E-state index contributed by atoms with van der Waals surface area (Å²) in [7, 11) is 0. The first-order chi connectivity index (χ1) is 13.1. The largest absolute Gasteiger partial charge is 0.338 e. The van der Waals surface area contributed by atoms with Crippen LogP contribution in [0.25, 0.3) is 0 Å². The van der Waals surface area contributed by atoms with Crippen molar-refractivity contribution in [3.63, 3.8) is 0 Å². The molecule has 0 bridgehead atoms. The van der Waals surface area contributed by atoms with Gasteiger partial charge in [0, 0.05) is 11.1 Å². The minimum Gasteiger partial charge on any atom is -0.261 e. The molecule has 0 spiro atoms. The smallest absolute Gasteiger partial charge is 0.261 e. The first kappa shape index (κ1) is 16.7. The molecule has 6 heteroatoms. The van der Waals surface area contributed by atoms with Gasteiger partial charge in [-0.25, -0.2) is 0 Å². The number of aryl methyl sites for hydroxylation is 2. The summed E-state index contributed by atoms with van der Waals surface area (Å²) in [6, 6.07) is 0. The summed E-state index contributed by atoms with van der Waals surface area (Å²) in [5.41, 5.74) is 6.61. The number of rotatable bonds is 0. The lowest BCUT2D eigenvalue weighted by atomic mass is 9.98. The summed E-state index contributed by atoms with van der Waals surface area (Å²) < 4.78 is 2.75. The van der Waals surface area contributed by atoms with Crippen LogP contribution in [-0.2, 0) is 12.8 Å². The van der Waals surface area contributed by atoms with Gasteiger partial charge in [-0.2, -0.15) is 19.6 Å². The van der Waals surface area contributed by atoms with E-state index < -0.39 is 11.8 Å². The Morgan fingerprint density at radius 3 is 1.50 bits per heavy atom. The average molecular weight is 378 g/mol. The topological polar surface area (TPSA) is 69.8 Å². The van der Waals surface area contributed by atoms with Crippen molar-refractivity contribution < 1.29 is 9.59 Å². The van der Waals surface area contributed by atoms with Crippen LogP contribution < -0.4 is 0 Å². The van der Waals surface area contributed by atoms with Crippen molar-refractivity contribution in [2.75, 3.05) is 0 Å². The molecule has 0 unspecified atom stereocenters. The Hall–Kier alpha value is -2.24. The maximum absolute atomic E-state index is 13.1. The summed E-state index contributed by atoms with van der Waals surface area (Å²) in [6.45, 7) is 13.0. The van der Waals surface area contributed by atoms with E-state index in [0.29, 0.717) is 23.7 Å². The SMILES string of the molecule is Cc1nn(C(=O)C(=O)n2nc(C)c3c2C[C@@H]2[C@@H]3C2(C)C)c2c1[C@@H]1[C@@H](C2)C1(C)C. The first-order valence-electron chi connectivity index (χ1n) is 10.3. The minimum atomic E-state index is -0.575. The van der Waals surface area contributed by atoms with Crippen molar-refractivity contribution in [3.05, 3.63) is 33.9 Å². The fraction of sp³-hybridized carbons (Fsp3) is 0.636. The molecule has 2 saturated carbocycles. The number of carbonyl (C=O) groups excluding carboxylic acids is 2. The van der Waals surface area contributed by atoms with E-state index >= 15 is 0 Å². The van der Waals surface area contributed by atoms with Crippen LogP contribution in [0.1, 0.15) is 83.0 Å². The van der Waals surface area contributed by atoms with Crippen LogP contribution in [0, 0.1) is 36.5 Å². The van der Waals surface area contributed by atoms with Crippen molar-refractivity contribution in [1.29, 1.82) is 0 Å². The van der Waals surface area contributed by atoms with E-state index in [2.05, 4.69) is 37.9 Å². The molecule has 146 valence electrons. The van der Waals surface area contributed by atoms with Gasteiger partial charge in [0.25, 0.3) is 0 Å². The summed E-state index contributed by atoms with van der Waals surface area (Å²) in [6.07, 6.45) is 1.67. The van der Waals surface area contributed by atoms with Crippen LogP contribution in [0.15, 0.2) is 0 Å². The van der Waals surface area contributed by atoms with E-state index in [1.165, 1.54) is 20.5 Å². The molecule has 2 aromatic heterocycles. The van der Waals surface area contributed by atoms with Gasteiger partial charge in [0.15, 0.2) is 0 Å². The summed E-state index contributed by atoms with van der Waals surface area (Å²) in [5.74, 6) is 0.939. The van der Waals surface area contributed by atoms with Gasteiger partial charge in [-0.05, 0) is 61.2 Å². The van der Waals surface area contributed by atoms with Gasteiger partial charge in [0.2, 0.25) is 0 Å². The van der Waals surface area contributed by atoms with Gasteiger partial charge >= 0.3 is 11.8 Å². The van der Waals surface area contributed by atoms with Gasteiger partial charge in [-0.3, -0.25) is 9.59 Å². The molecule has 4 aliphatic carbocycles. The van der Waals surface area contributed by atoms with Gasteiger partial charge in [0.1, 0.15) is 0 Å². The van der Waals surface area contributed by atoms with Crippen molar-refractivity contribution in [1.82, 2.24) is 19.6 Å². The lowest BCUT2D eigenvalue weighted by molar-refractivity contribution is 0.0691. The van der Waals surface area contributed by atoms with Gasteiger partial charge in [-0.1, -0.05) is 27.7 Å². The zero-order valence-corrected chi connectivity index (χ0v) is 17.3. The van der Waals surface area contributed by atoms with Crippen molar-refractivity contribution >= 4 is 11.8 Å². The minimum absolute atomic E-state index is 0.284. The molecule has 0 saturated heterocycles. The molecule has 2 aromatic rings. The molecule has 0 aromatic carbocycles. The van der Waals surface area contributed by atoms with E-state index in [4.69, 9.17) is 0 Å². The number of hydrogen-bond donors (Lipinski definition) is 0. The van der Waals surface area contributed by atoms with Gasteiger partial charge in [0.05, 0.1) is 22.8 Å². The maximum atomic E-state index is 13.1. The van der Waals surface area contributed by atoms with Crippen LogP contribution in [0.2, 0.25) is 0 Å². The van der Waals surface area contributed by atoms with Crippen molar-refractivity contribution in [2.24, 2.45) is 22.7 Å². The van der Waals surface area contributed by atoms with Crippen LogP contribution in [0.3, 0.4) is 0 Å². The molecule has 6 nitrogen and oxygen atoms in total. The van der Waals surface area contributed by atoms with E-state index in [1.807, 2.05) is 13.8 Å². The molecule has 0 radical (unpaired) electrons. The maximum Gasteiger partial charge on any atom is 0.338 e. The standard InChI is InChI=1S/C22H26N4O2/c1-9-15-13(7-11-17(15)21(11,3)4)25(23-9)19(27)20(28)26-14-8-12-18(22(12,5)6)16(14)10(2)24-26/h11-12,17-18H,7-8H2,1-6H3/t11-,12-,17+,18+/m1/s1. The highest BCUT2D eigenvalue weighted by Gasteiger charge is 2.65. The van der Waals surface area contributed by atoms with Crippen LogP contribution in [0.4, 0.5) is 0 Å². The van der Waals surface area contributed by atoms with Crippen molar-refractivity contribution in [2.45, 2.75) is 66.2 Å². The molecule has 2 fully saturated rings. The van der Waals surface area contributed by atoms with E-state index in [1.54, 1.807) is 0 Å². The Bertz CT molecular complexity index is 1030. The number of aromatic nitrogens is 4. The number of nitrogens with zero attached hydrogens (tertiary/aromatic N) is 4.